The van der Waals surface area contributed by atoms with Gasteiger partial charge in [0.25, 0.3) is 10.2 Å². The summed E-state index contributed by atoms with van der Waals surface area (Å²) in [5.74, 6) is 0. The van der Waals surface area contributed by atoms with Crippen molar-refractivity contribution in [2.24, 2.45) is 0 Å². The molecule has 0 amide bonds. The summed E-state index contributed by atoms with van der Waals surface area (Å²) in [6.45, 7) is 3.45. The quantitative estimate of drug-likeness (QED) is 0.860. The molecule has 0 atom stereocenters. The van der Waals surface area contributed by atoms with E-state index in [4.69, 9.17) is 0 Å². The minimum absolute atomic E-state index is 0.353. The zero-order valence-electron chi connectivity index (χ0n) is 13.9. The summed E-state index contributed by atoms with van der Waals surface area (Å²) in [4.78, 5) is 0. The maximum Gasteiger partial charge on any atom is 0.282 e. The Labute approximate surface area is 143 Å². The topological polar surface area (TPSA) is 40.6 Å². The molecule has 1 aliphatic heterocycles. The van der Waals surface area contributed by atoms with Gasteiger partial charge < -0.3 is 0 Å². The number of fused-ring (bicyclic) bond motifs is 1. The maximum atomic E-state index is 13.1. The first-order chi connectivity index (χ1) is 11.5. The molecule has 0 saturated carbocycles. The van der Waals surface area contributed by atoms with Crippen molar-refractivity contribution in [3.05, 3.63) is 71.3 Å². The van der Waals surface area contributed by atoms with Crippen LogP contribution in [0, 0.1) is 0 Å². The first kappa shape index (κ1) is 15.8. The van der Waals surface area contributed by atoms with Crippen LogP contribution in [0.5, 0.6) is 0 Å². The Bertz CT molecular complexity index is 824. The lowest BCUT2D eigenvalue weighted by Gasteiger charge is -2.31. The maximum absolute atomic E-state index is 13.1. The van der Waals surface area contributed by atoms with Gasteiger partial charge in [0.05, 0.1) is 5.54 Å². The summed E-state index contributed by atoms with van der Waals surface area (Å²) < 4.78 is 29.6. The average Bonchev–Trinajstić information content (AvgIpc) is 3.05. The molecular formula is C19H22N2O2S. The number of hydrogen-bond donors (Lipinski definition) is 0. The van der Waals surface area contributed by atoms with E-state index in [1.165, 1.54) is 11.1 Å². The molecule has 1 saturated heterocycles. The summed E-state index contributed by atoms with van der Waals surface area (Å²) >= 11 is 0. The van der Waals surface area contributed by atoms with Crippen molar-refractivity contribution in [1.82, 2.24) is 8.61 Å². The van der Waals surface area contributed by atoms with Crippen molar-refractivity contribution in [2.75, 3.05) is 13.1 Å². The van der Waals surface area contributed by atoms with Gasteiger partial charge in [-0.15, -0.1) is 0 Å². The lowest BCUT2D eigenvalue weighted by Crippen LogP contribution is -2.47. The van der Waals surface area contributed by atoms with Crippen molar-refractivity contribution < 1.29 is 8.42 Å². The predicted octanol–water partition coefficient (Wildman–Crippen LogP) is 2.61. The van der Waals surface area contributed by atoms with E-state index in [1.807, 2.05) is 49.4 Å². The molecule has 5 heteroatoms. The fraction of sp³-hybridized carbons (Fsp3) is 0.368. The summed E-state index contributed by atoms with van der Waals surface area (Å²) in [6.07, 6.45) is 1.59. The van der Waals surface area contributed by atoms with Crippen molar-refractivity contribution in [3.63, 3.8) is 0 Å². The Morgan fingerprint density at radius 2 is 1.54 bits per heavy atom. The van der Waals surface area contributed by atoms with E-state index in [1.54, 1.807) is 8.61 Å². The van der Waals surface area contributed by atoms with E-state index in [9.17, 15) is 8.42 Å². The Morgan fingerprint density at radius 3 is 2.12 bits per heavy atom. The van der Waals surface area contributed by atoms with Gasteiger partial charge in [-0.2, -0.15) is 17.0 Å². The van der Waals surface area contributed by atoms with Gasteiger partial charge in [0.15, 0.2) is 0 Å². The fourth-order valence-corrected chi connectivity index (χ4v) is 6.11. The average molecular weight is 342 g/mol. The molecule has 126 valence electrons. The second-order valence-corrected chi connectivity index (χ2v) is 8.63. The highest BCUT2D eigenvalue weighted by atomic mass is 32.2. The van der Waals surface area contributed by atoms with Crippen LogP contribution >= 0.6 is 0 Å². The van der Waals surface area contributed by atoms with Gasteiger partial charge in [-0.1, -0.05) is 61.5 Å². The number of likely N-dealkylation sites (N-methyl/N-ethyl adjacent to an activating group) is 1. The minimum atomic E-state index is -3.42. The van der Waals surface area contributed by atoms with E-state index >= 15 is 0 Å². The van der Waals surface area contributed by atoms with Crippen molar-refractivity contribution in [3.8, 4) is 0 Å². The fourth-order valence-electron chi connectivity index (χ4n) is 4.11. The second kappa shape index (κ2) is 5.69. The van der Waals surface area contributed by atoms with E-state index in [2.05, 4.69) is 12.1 Å². The largest absolute Gasteiger partial charge is 0.282 e. The molecule has 1 aliphatic carbocycles. The molecule has 4 rings (SSSR count). The van der Waals surface area contributed by atoms with E-state index < -0.39 is 10.2 Å². The van der Waals surface area contributed by atoms with Crippen molar-refractivity contribution in [2.45, 2.75) is 31.8 Å². The molecule has 0 unspecified atom stereocenters. The molecule has 24 heavy (non-hydrogen) atoms. The van der Waals surface area contributed by atoms with Crippen LogP contribution in [-0.4, -0.2) is 35.7 Å². The Morgan fingerprint density at radius 1 is 0.958 bits per heavy atom. The third-order valence-electron chi connectivity index (χ3n) is 5.28. The number of nitrogens with zero attached hydrogens (tertiary/aromatic N) is 2. The summed E-state index contributed by atoms with van der Waals surface area (Å²) in [7, 11) is -3.42. The molecule has 1 fully saturated rings. The summed E-state index contributed by atoms with van der Waals surface area (Å²) in [6, 6.07) is 18.2. The van der Waals surface area contributed by atoms with E-state index in [-0.39, 0.29) is 5.54 Å². The lowest BCUT2D eigenvalue weighted by molar-refractivity contribution is 0.208. The van der Waals surface area contributed by atoms with Crippen molar-refractivity contribution in [1.29, 1.82) is 0 Å². The standard InChI is InChI=1S/C19H22N2O2S/c1-2-20-15-19(12-17-10-6-7-11-18(17)13-19)21(24(20,22)23)14-16-8-4-3-5-9-16/h3-11H,2,12-15H2,1H3. The van der Waals surface area contributed by atoms with Crippen LogP contribution in [0.25, 0.3) is 0 Å². The number of rotatable bonds is 3. The molecule has 0 bridgehead atoms. The van der Waals surface area contributed by atoms with Gasteiger partial charge in [-0.3, -0.25) is 0 Å². The van der Waals surface area contributed by atoms with Crippen LogP contribution in [0.2, 0.25) is 0 Å². The Hall–Kier alpha value is -1.69. The summed E-state index contributed by atoms with van der Waals surface area (Å²) in [5.41, 5.74) is 3.25. The molecule has 1 heterocycles. The van der Waals surface area contributed by atoms with Crippen LogP contribution in [0.4, 0.5) is 0 Å². The second-order valence-electron chi connectivity index (χ2n) is 6.77. The molecule has 0 radical (unpaired) electrons. The van der Waals surface area contributed by atoms with Crippen molar-refractivity contribution >= 4 is 10.2 Å². The van der Waals surface area contributed by atoms with Gasteiger partial charge in [0.1, 0.15) is 0 Å². The van der Waals surface area contributed by atoms with Gasteiger partial charge in [-0.25, -0.2) is 0 Å². The van der Waals surface area contributed by atoms with E-state index in [0.29, 0.717) is 19.6 Å². The molecule has 2 aromatic carbocycles. The molecule has 0 aromatic heterocycles. The summed E-state index contributed by atoms with van der Waals surface area (Å²) in [5, 5.41) is 0. The first-order valence-corrected chi connectivity index (χ1v) is 9.83. The van der Waals surface area contributed by atoms with Crippen LogP contribution in [0.3, 0.4) is 0 Å². The van der Waals surface area contributed by atoms with Gasteiger partial charge in [0.2, 0.25) is 0 Å². The minimum Gasteiger partial charge on any atom is -0.195 e. The Kier molecular flexibility index (Phi) is 3.75. The predicted molar refractivity (Wildman–Crippen MR) is 94.7 cm³/mol. The monoisotopic (exact) mass is 342 g/mol. The SMILES string of the molecule is CCN1CC2(Cc3ccccc3C2)N(Cc2ccccc2)S1(=O)=O. The van der Waals surface area contributed by atoms with Gasteiger partial charge in [-0.05, 0) is 29.5 Å². The Balaban J connectivity index is 1.75. The highest BCUT2D eigenvalue weighted by Gasteiger charge is 2.55. The van der Waals surface area contributed by atoms with Crippen LogP contribution in [0.15, 0.2) is 54.6 Å². The zero-order valence-corrected chi connectivity index (χ0v) is 14.7. The molecule has 2 aliphatic rings. The van der Waals surface area contributed by atoms with E-state index in [0.717, 1.165) is 18.4 Å². The first-order valence-electron chi connectivity index (χ1n) is 8.44. The smallest absolute Gasteiger partial charge is 0.195 e. The third-order valence-corrected chi connectivity index (χ3v) is 7.40. The van der Waals surface area contributed by atoms with Crippen LogP contribution in [0.1, 0.15) is 23.6 Å². The molecule has 1 spiro atoms. The van der Waals surface area contributed by atoms with Gasteiger partial charge >= 0.3 is 0 Å². The van der Waals surface area contributed by atoms with Crippen LogP contribution < -0.4 is 0 Å². The molecule has 2 aromatic rings. The lowest BCUT2D eigenvalue weighted by atomic mass is 9.94. The van der Waals surface area contributed by atoms with Gasteiger partial charge in [0, 0.05) is 19.6 Å². The zero-order chi connectivity index (χ0) is 16.8. The number of hydrogen-bond acceptors (Lipinski definition) is 2. The highest BCUT2D eigenvalue weighted by molar-refractivity contribution is 7.87. The molecule has 4 nitrogen and oxygen atoms in total. The molecule has 0 N–H and O–H groups in total. The molecular weight excluding hydrogens is 320 g/mol. The number of benzene rings is 2. The third kappa shape index (κ3) is 2.39. The van der Waals surface area contributed by atoms with Crippen LogP contribution in [-0.2, 0) is 29.6 Å². The highest BCUT2D eigenvalue weighted by Crippen LogP contribution is 2.43. The normalized spacial score (nSPS) is 22.0.